The zero-order valence-corrected chi connectivity index (χ0v) is 17.2. The van der Waals surface area contributed by atoms with E-state index in [9.17, 15) is 4.79 Å². The van der Waals surface area contributed by atoms with Gasteiger partial charge in [0.05, 0.1) is 7.11 Å². The molecular weight excluding hydrogens is 364 g/mol. The number of hydrogen-bond acceptors (Lipinski definition) is 3. The maximum absolute atomic E-state index is 12.3. The first-order chi connectivity index (χ1) is 14.2. The van der Waals surface area contributed by atoms with Gasteiger partial charge in [-0.15, -0.1) is 0 Å². The first-order valence-corrected chi connectivity index (χ1v) is 10.1. The number of methoxy groups -OCH3 is 1. The Morgan fingerprint density at radius 1 is 1.14 bits per heavy atom. The molecule has 1 atom stereocenters. The molecule has 1 heterocycles. The summed E-state index contributed by atoms with van der Waals surface area (Å²) in [5, 5.41) is 6.67. The molecule has 1 amide bonds. The largest absolute Gasteiger partial charge is 0.496 e. The molecule has 1 aliphatic heterocycles. The number of benzene rings is 2. The van der Waals surface area contributed by atoms with Crippen LogP contribution in [0.25, 0.3) is 0 Å². The van der Waals surface area contributed by atoms with Crippen molar-refractivity contribution in [3.63, 3.8) is 0 Å². The molecule has 1 unspecified atom stereocenters. The van der Waals surface area contributed by atoms with Gasteiger partial charge in [-0.2, -0.15) is 0 Å². The number of nitrogens with one attached hydrogen (secondary N) is 2. The van der Waals surface area contributed by atoms with Gasteiger partial charge in [-0.1, -0.05) is 48.5 Å². The number of nitrogens with zero attached hydrogens (tertiary/aromatic N) is 2. The molecule has 1 saturated heterocycles. The van der Waals surface area contributed by atoms with E-state index in [2.05, 4.69) is 27.8 Å². The topological polar surface area (TPSA) is 66.0 Å². The molecule has 2 N–H and O–H groups in total. The molecule has 1 fully saturated rings. The van der Waals surface area contributed by atoms with E-state index in [0.717, 1.165) is 43.3 Å². The molecule has 2 aromatic carbocycles. The highest BCUT2D eigenvalue weighted by Crippen LogP contribution is 2.18. The number of likely N-dealkylation sites (tertiary alicyclic amines) is 1. The van der Waals surface area contributed by atoms with Crippen LogP contribution in [0.3, 0.4) is 0 Å². The van der Waals surface area contributed by atoms with Gasteiger partial charge < -0.3 is 20.3 Å². The molecule has 0 radical (unpaired) electrons. The van der Waals surface area contributed by atoms with Gasteiger partial charge in [0.1, 0.15) is 5.75 Å². The smallest absolute Gasteiger partial charge is 0.223 e. The number of guanidine groups is 1. The number of aliphatic imine (C=N–C) groups is 1. The molecule has 0 aliphatic carbocycles. The fourth-order valence-electron chi connectivity index (χ4n) is 3.61. The van der Waals surface area contributed by atoms with Crippen molar-refractivity contribution in [1.29, 1.82) is 0 Å². The van der Waals surface area contributed by atoms with Crippen LogP contribution in [-0.4, -0.2) is 50.6 Å². The summed E-state index contributed by atoms with van der Waals surface area (Å²) in [6, 6.07) is 18.2. The van der Waals surface area contributed by atoms with E-state index < -0.39 is 0 Å². The number of carbonyl (C=O) groups is 1. The van der Waals surface area contributed by atoms with Gasteiger partial charge in [-0.3, -0.25) is 9.79 Å². The second kappa shape index (κ2) is 10.5. The van der Waals surface area contributed by atoms with Crippen LogP contribution in [0.15, 0.2) is 59.6 Å². The van der Waals surface area contributed by atoms with Crippen molar-refractivity contribution in [3.8, 4) is 5.75 Å². The van der Waals surface area contributed by atoms with Crippen molar-refractivity contribution in [1.82, 2.24) is 15.5 Å². The van der Waals surface area contributed by atoms with Gasteiger partial charge in [0.25, 0.3) is 0 Å². The average Bonchev–Trinajstić information content (AvgIpc) is 3.12. The molecule has 2 aromatic rings. The van der Waals surface area contributed by atoms with E-state index >= 15 is 0 Å². The molecule has 0 aromatic heterocycles. The van der Waals surface area contributed by atoms with Gasteiger partial charge in [-0.25, -0.2) is 0 Å². The third kappa shape index (κ3) is 5.98. The highest BCUT2D eigenvalue weighted by atomic mass is 16.5. The molecule has 6 heteroatoms. The lowest BCUT2D eigenvalue weighted by molar-refractivity contribution is -0.127. The van der Waals surface area contributed by atoms with Crippen LogP contribution in [0.4, 0.5) is 0 Å². The Bertz CT molecular complexity index is 823. The Kier molecular flexibility index (Phi) is 7.50. The lowest BCUT2D eigenvalue weighted by Crippen LogP contribution is -2.40. The Balaban J connectivity index is 1.43. The van der Waals surface area contributed by atoms with Crippen molar-refractivity contribution in [2.45, 2.75) is 19.4 Å². The monoisotopic (exact) mass is 394 g/mol. The minimum Gasteiger partial charge on any atom is -0.496 e. The second-order valence-corrected chi connectivity index (χ2v) is 7.26. The maximum atomic E-state index is 12.3. The van der Waals surface area contributed by atoms with Crippen LogP contribution in [0, 0.1) is 5.92 Å². The standard InChI is InChI=1S/C23H30N4O2/c1-24-23(26-16-20-10-6-7-11-21(20)29-2)25-15-19-14-22(28)27(17-19)13-12-18-8-4-3-5-9-18/h3-11,19H,12-17H2,1-2H3,(H2,24,25,26). The lowest BCUT2D eigenvalue weighted by Gasteiger charge is -2.18. The number of amides is 1. The zero-order valence-electron chi connectivity index (χ0n) is 17.2. The van der Waals surface area contributed by atoms with Crippen LogP contribution in [0.2, 0.25) is 0 Å². The van der Waals surface area contributed by atoms with E-state index in [1.807, 2.05) is 47.4 Å². The Morgan fingerprint density at radius 3 is 2.66 bits per heavy atom. The van der Waals surface area contributed by atoms with Gasteiger partial charge in [0.2, 0.25) is 5.91 Å². The van der Waals surface area contributed by atoms with Crippen LogP contribution in [0.1, 0.15) is 17.5 Å². The summed E-state index contributed by atoms with van der Waals surface area (Å²) in [4.78, 5) is 18.6. The van der Waals surface area contributed by atoms with Crippen molar-refractivity contribution in [3.05, 3.63) is 65.7 Å². The summed E-state index contributed by atoms with van der Waals surface area (Å²) in [5.74, 6) is 2.12. The summed E-state index contributed by atoms with van der Waals surface area (Å²) in [6.45, 7) is 2.91. The van der Waals surface area contributed by atoms with Crippen molar-refractivity contribution >= 4 is 11.9 Å². The Hall–Kier alpha value is -3.02. The molecule has 0 saturated carbocycles. The summed E-state index contributed by atoms with van der Waals surface area (Å²) in [6.07, 6.45) is 1.49. The van der Waals surface area contributed by atoms with E-state index in [0.29, 0.717) is 18.9 Å². The SMILES string of the molecule is CN=C(NCc1ccccc1OC)NCC1CC(=O)N(CCc2ccccc2)C1. The number of hydrogen-bond donors (Lipinski definition) is 2. The van der Waals surface area contributed by atoms with E-state index in [4.69, 9.17) is 4.74 Å². The first kappa shape index (κ1) is 20.7. The third-order valence-electron chi connectivity index (χ3n) is 5.23. The van der Waals surface area contributed by atoms with E-state index in [1.54, 1.807) is 14.2 Å². The normalized spacial score (nSPS) is 16.8. The maximum Gasteiger partial charge on any atom is 0.223 e. The van der Waals surface area contributed by atoms with Crippen molar-refractivity contribution in [2.24, 2.45) is 10.9 Å². The van der Waals surface area contributed by atoms with E-state index in [1.165, 1.54) is 5.56 Å². The summed E-state index contributed by atoms with van der Waals surface area (Å²) in [7, 11) is 3.43. The first-order valence-electron chi connectivity index (χ1n) is 10.1. The van der Waals surface area contributed by atoms with Gasteiger partial charge in [0.15, 0.2) is 5.96 Å². The quantitative estimate of drug-likeness (QED) is 0.533. The predicted molar refractivity (Wildman–Crippen MR) is 116 cm³/mol. The molecule has 29 heavy (non-hydrogen) atoms. The summed E-state index contributed by atoms with van der Waals surface area (Å²) < 4.78 is 5.39. The van der Waals surface area contributed by atoms with Crippen LogP contribution < -0.4 is 15.4 Å². The average molecular weight is 395 g/mol. The fraction of sp³-hybridized carbons (Fsp3) is 0.391. The second-order valence-electron chi connectivity index (χ2n) is 7.26. The molecular formula is C23H30N4O2. The predicted octanol–water partition coefficient (Wildman–Crippen LogP) is 2.45. The Labute approximate surface area is 173 Å². The molecule has 154 valence electrons. The lowest BCUT2D eigenvalue weighted by atomic mass is 10.1. The number of carbonyl (C=O) groups excluding carboxylic acids is 1. The van der Waals surface area contributed by atoms with Crippen molar-refractivity contribution < 1.29 is 9.53 Å². The van der Waals surface area contributed by atoms with Crippen LogP contribution >= 0.6 is 0 Å². The summed E-state index contributed by atoms with van der Waals surface area (Å²) in [5.41, 5.74) is 2.34. The highest BCUT2D eigenvalue weighted by molar-refractivity contribution is 5.81. The zero-order chi connectivity index (χ0) is 20.5. The highest BCUT2D eigenvalue weighted by Gasteiger charge is 2.29. The van der Waals surface area contributed by atoms with Gasteiger partial charge in [-0.05, 0) is 18.1 Å². The Morgan fingerprint density at radius 2 is 1.90 bits per heavy atom. The van der Waals surface area contributed by atoms with Crippen LogP contribution in [0.5, 0.6) is 5.75 Å². The molecule has 6 nitrogen and oxygen atoms in total. The third-order valence-corrected chi connectivity index (χ3v) is 5.23. The number of para-hydroxylation sites is 1. The number of rotatable bonds is 8. The van der Waals surface area contributed by atoms with Gasteiger partial charge >= 0.3 is 0 Å². The molecule has 3 rings (SSSR count). The van der Waals surface area contributed by atoms with Crippen LogP contribution in [-0.2, 0) is 17.8 Å². The minimum absolute atomic E-state index is 0.240. The molecule has 0 spiro atoms. The fourth-order valence-corrected chi connectivity index (χ4v) is 3.61. The number of ether oxygens (including phenoxy) is 1. The van der Waals surface area contributed by atoms with Gasteiger partial charge in [0, 0.05) is 51.1 Å². The summed E-state index contributed by atoms with van der Waals surface area (Å²) >= 11 is 0. The molecule has 0 bridgehead atoms. The van der Waals surface area contributed by atoms with E-state index in [-0.39, 0.29) is 5.91 Å². The minimum atomic E-state index is 0.240. The van der Waals surface area contributed by atoms with Crippen molar-refractivity contribution in [2.75, 3.05) is 33.8 Å². The molecule has 1 aliphatic rings.